The molecule has 4 aromatic heterocycles. The topological polar surface area (TPSA) is 183 Å². The summed E-state index contributed by atoms with van der Waals surface area (Å²) in [6.07, 6.45) is 2.30. The summed E-state index contributed by atoms with van der Waals surface area (Å²) in [6, 6.07) is 17.7. The van der Waals surface area contributed by atoms with Gasteiger partial charge >= 0.3 is 0 Å². The number of hydrogen-bond acceptors (Lipinski definition) is 12. The molecule has 6 aromatic rings. The van der Waals surface area contributed by atoms with E-state index in [4.69, 9.17) is 9.26 Å². The van der Waals surface area contributed by atoms with Crippen LogP contribution in [-0.2, 0) is 9.59 Å². The van der Waals surface area contributed by atoms with Gasteiger partial charge in [-0.25, -0.2) is 4.98 Å². The average molecular weight is 805 g/mol. The summed E-state index contributed by atoms with van der Waals surface area (Å²) in [6.45, 7) is 10.6. The number of para-hydroxylation sites is 1. The Morgan fingerprint density at radius 1 is 1.09 bits per heavy atom. The molecular formula is C43H48N8O6S. The molecule has 2 aliphatic heterocycles. The Hall–Kier alpha value is -5.64. The highest BCUT2D eigenvalue weighted by Gasteiger charge is 2.43. The van der Waals surface area contributed by atoms with Crippen molar-refractivity contribution in [3.05, 3.63) is 95.0 Å². The lowest BCUT2D eigenvalue weighted by molar-refractivity contribution is -0.141. The summed E-state index contributed by atoms with van der Waals surface area (Å²) in [7, 11) is 0. The van der Waals surface area contributed by atoms with Crippen molar-refractivity contribution in [3.8, 4) is 33.3 Å². The summed E-state index contributed by atoms with van der Waals surface area (Å²) >= 11 is 1.59. The number of benzene rings is 2. The molecule has 0 unspecified atom stereocenters. The van der Waals surface area contributed by atoms with Crippen molar-refractivity contribution in [2.45, 2.75) is 70.6 Å². The van der Waals surface area contributed by atoms with Crippen molar-refractivity contribution in [1.29, 1.82) is 0 Å². The Balaban J connectivity index is 0.862. The van der Waals surface area contributed by atoms with Crippen molar-refractivity contribution in [2.75, 3.05) is 32.8 Å². The lowest BCUT2D eigenvalue weighted by atomic mass is 9.91. The number of phenolic OH excluding ortho intramolecular Hbond substituents is 1. The first-order chi connectivity index (χ1) is 28.0. The van der Waals surface area contributed by atoms with E-state index in [1.165, 1.54) is 10.5 Å². The van der Waals surface area contributed by atoms with E-state index < -0.39 is 18.1 Å². The number of amides is 2. The smallest absolute Gasteiger partial charge is 0.254 e. The second-order valence-electron chi connectivity index (χ2n) is 15.7. The van der Waals surface area contributed by atoms with E-state index >= 15 is 0 Å². The number of fused-ring (bicyclic) bond motifs is 1. The number of β-amino-alcohol motifs (C(OH)–C–C–N with tert-alkyl or cyclic N) is 1. The maximum atomic E-state index is 14.2. The molecule has 0 aliphatic carbocycles. The van der Waals surface area contributed by atoms with Gasteiger partial charge in [-0.3, -0.25) is 14.5 Å². The largest absolute Gasteiger partial charge is 0.507 e. The predicted molar refractivity (Wildman–Crippen MR) is 219 cm³/mol. The number of carbonyl (C=O) groups excluding carboxylic acids is 2. The highest BCUT2D eigenvalue weighted by molar-refractivity contribution is 7.13. The molecular weight excluding hydrogens is 757 g/mol. The molecule has 2 amide bonds. The van der Waals surface area contributed by atoms with Crippen molar-refractivity contribution in [1.82, 2.24) is 40.4 Å². The molecule has 0 saturated carbocycles. The van der Waals surface area contributed by atoms with Gasteiger partial charge < -0.3 is 34.7 Å². The van der Waals surface area contributed by atoms with E-state index in [2.05, 4.69) is 35.5 Å². The van der Waals surface area contributed by atoms with Gasteiger partial charge in [0.15, 0.2) is 11.4 Å². The third kappa shape index (κ3) is 8.06. The van der Waals surface area contributed by atoms with Crippen LogP contribution < -0.4 is 10.1 Å². The van der Waals surface area contributed by atoms with Crippen LogP contribution in [0.3, 0.4) is 0 Å². The molecule has 0 radical (unpaired) electrons. The summed E-state index contributed by atoms with van der Waals surface area (Å²) < 4.78 is 11.7. The van der Waals surface area contributed by atoms with Crippen molar-refractivity contribution < 1.29 is 29.1 Å². The highest BCUT2D eigenvalue weighted by atomic mass is 32.1. The number of aliphatic hydroxyl groups excluding tert-OH is 1. The van der Waals surface area contributed by atoms with E-state index in [9.17, 15) is 19.8 Å². The standard InChI is InChI=1S/C43H48N8O6S/c1-24(2)39(43(55)51-22-30(52)17-35(51)42(54)46-25(3)27-9-11-28(12-10-27)40-26(4)45-23-58-40)37-19-38(49-57-37)56-16-15-50-14-13-29(21-50)33-20-44-41-32(33)18-34(47-48-41)31-7-5-6-8-36(31)53/h5-12,18-20,23-25,29-30,35,39,52-53H,13-17,21-22H2,1-4H3,(H,44,48)(H,46,54)/t25-,29-,30+,35-,39+/m0/s1. The number of H-pyrrole nitrogens is 1. The average Bonchev–Trinajstić information content (AvgIpc) is 4.07. The Kier molecular flexibility index (Phi) is 11.3. The third-order valence-electron chi connectivity index (χ3n) is 11.4. The van der Waals surface area contributed by atoms with Gasteiger partial charge in [-0.2, -0.15) is 0 Å². The Morgan fingerprint density at radius 3 is 2.66 bits per heavy atom. The predicted octanol–water partition coefficient (Wildman–Crippen LogP) is 6.20. The van der Waals surface area contributed by atoms with E-state index in [1.807, 2.05) is 81.9 Å². The summed E-state index contributed by atoms with van der Waals surface area (Å²) in [5, 5.41) is 37.9. The lowest BCUT2D eigenvalue weighted by Crippen LogP contribution is -2.48. The highest BCUT2D eigenvalue weighted by Crippen LogP contribution is 2.36. The van der Waals surface area contributed by atoms with E-state index in [1.54, 1.807) is 29.5 Å². The second kappa shape index (κ2) is 16.7. The molecule has 6 heterocycles. The van der Waals surface area contributed by atoms with Gasteiger partial charge in [0.2, 0.25) is 11.8 Å². The molecule has 4 N–H and O–H groups in total. The Bertz CT molecular complexity index is 2390. The fourth-order valence-electron chi connectivity index (χ4n) is 8.27. The number of thiazole rings is 1. The van der Waals surface area contributed by atoms with Crippen LogP contribution in [0.25, 0.3) is 32.7 Å². The molecule has 2 aliphatic rings. The third-order valence-corrected chi connectivity index (χ3v) is 12.4. The fraction of sp³-hybridized carbons (Fsp3) is 0.395. The van der Waals surface area contributed by atoms with Crippen LogP contribution in [0.1, 0.15) is 74.1 Å². The minimum atomic E-state index is -0.829. The molecule has 8 rings (SSSR count). The van der Waals surface area contributed by atoms with Crippen LogP contribution in [0, 0.1) is 12.8 Å². The lowest BCUT2D eigenvalue weighted by Gasteiger charge is -2.29. The van der Waals surface area contributed by atoms with Gasteiger partial charge in [-0.1, -0.05) is 50.2 Å². The number of likely N-dealkylation sites (tertiary alicyclic amines) is 2. The van der Waals surface area contributed by atoms with Crippen LogP contribution in [-0.4, -0.2) is 102 Å². The van der Waals surface area contributed by atoms with E-state index in [-0.39, 0.29) is 54.3 Å². The number of phenols is 1. The minimum Gasteiger partial charge on any atom is -0.507 e. The van der Waals surface area contributed by atoms with Gasteiger partial charge in [0.1, 0.15) is 24.3 Å². The number of ether oxygens (including phenoxy) is 1. The minimum absolute atomic E-state index is 0.0511. The monoisotopic (exact) mass is 804 g/mol. The molecule has 5 atom stereocenters. The number of nitrogens with zero attached hydrogens (tertiary/aromatic N) is 6. The number of aryl methyl sites for hydroxylation is 1. The van der Waals surface area contributed by atoms with Crippen LogP contribution in [0.2, 0.25) is 0 Å². The number of carbonyl (C=O) groups is 2. The van der Waals surface area contributed by atoms with E-state index in [0.717, 1.165) is 46.6 Å². The summed E-state index contributed by atoms with van der Waals surface area (Å²) in [5.41, 5.74) is 7.95. The fourth-order valence-corrected chi connectivity index (χ4v) is 9.08. The number of rotatable bonds is 13. The first kappa shape index (κ1) is 39.2. The van der Waals surface area contributed by atoms with Crippen molar-refractivity contribution >= 4 is 34.2 Å². The van der Waals surface area contributed by atoms with Gasteiger partial charge in [0.25, 0.3) is 5.88 Å². The normalized spacial score (nSPS) is 19.6. The molecule has 2 saturated heterocycles. The maximum absolute atomic E-state index is 14.2. The zero-order valence-corrected chi connectivity index (χ0v) is 33.8. The van der Waals surface area contributed by atoms with Gasteiger partial charge in [-0.05, 0) is 78.7 Å². The summed E-state index contributed by atoms with van der Waals surface area (Å²) in [4.78, 5) is 40.4. The Morgan fingerprint density at radius 2 is 1.90 bits per heavy atom. The first-order valence-corrected chi connectivity index (χ1v) is 20.7. The van der Waals surface area contributed by atoms with Gasteiger partial charge in [0, 0.05) is 49.3 Å². The SMILES string of the molecule is Cc1ncsc1-c1ccc([C@H](C)NC(=O)[C@@H]2C[C@@H](O)CN2C(=O)[C@@H](c2cc(OCCN3CC[C@H](c4c[nH]c5nnc(-c6ccccc6O)cc45)C3)no2)C(C)C)cc1. The van der Waals surface area contributed by atoms with E-state index in [0.29, 0.717) is 35.8 Å². The number of nitrogens with one attached hydrogen (secondary N) is 2. The quantitative estimate of drug-likeness (QED) is 0.104. The number of aliphatic hydroxyl groups is 1. The number of aromatic nitrogens is 5. The molecule has 0 bridgehead atoms. The molecule has 0 spiro atoms. The second-order valence-corrected chi connectivity index (χ2v) is 16.5. The van der Waals surface area contributed by atoms with Gasteiger partial charge in [0.05, 0.1) is 33.9 Å². The first-order valence-electron chi connectivity index (χ1n) is 19.8. The molecule has 302 valence electrons. The van der Waals surface area contributed by atoms with Crippen molar-refractivity contribution in [2.24, 2.45) is 5.92 Å². The van der Waals surface area contributed by atoms with Crippen LogP contribution >= 0.6 is 11.3 Å². The molecule has 14 nitrogen and oxygen atoms in total. The number of aromatic amines is 1. The van der Waals surface area contributed by atoms with Crippen LogP contribution in [0.5, 0.6) is 11.6 Å². The molecule has 15 heteroatoms. The summed E-state index contributed by atoms with van der Waals surface area (Å²) in [5.74, 6) is -0.427. The molecule has 2 aromatic carbocycles. The maximum Gasteiger partial charge on any atom is 0.254 e. The number of hydrogen-bond donors (Lipinski definition) is 4. The van der Waals surface area contributed by atoms with Crippen molar-refractivity contribution in [3.63, 3.8) is 0 Å². The number of aromatic hydroxyl groups is 1. The van der Waals surface area contributed by atoms with Gasteiger partial charge in [-0.15, -0.1) is 21.5 Å². The van der Waals surface area contributed by atoms with Crippen LogP contribution in [0.4, 0.5) is 0 Å². The Labute approximate surface area is 340 Å². The van der Waals surface area contributed by atoms with Crippen LogP contribution in [0.15, 0.2) is 76.9 Å². The zero-order chi connectivity index (χ0) is 40.5. The molecule has 58 heavy (non-hydrogen) atoms. The zero-order valence-electron chi connectivity index (χ0n) is 33.0. The molecule has 2 fully saturated rings.